The molecule has 1 aromatic carbocycles. The highest BCUT2D eigenvalue weighted by atomic mass is 32.1. The van der Waals surface area contributed by atoms with Gasteiger partial charge in [0.15, 0.2) is 0 Å². The van der Waals surface area contributed by atoms with E-state index in [1.165, 1.54) is 0 Å². The summed E-state index contributed by atoms with van der Waals surface area (Å²) in [5.74, 6) is -0.219. The van der Waals surface area contributed by atoms with Crippen molar-refractivity contribution in [2.45, 2.75) is 51.8 Å². The van der Waals surface area contributed by atoms with Crippen LogP contribution in [0.1, 0.15) is 39.2 Å². The van der Waals surface area contributed by atoms with E-state index in [0.29, 0.717) is 19.8 Å². The molecule has 3 rings (SSSR count). The number of benzene rings is 1. The average molecular weight is 426 g/mol. The van der Waals surface area contributed by atoms with Crippen LogP contribution in [0.3, 0.4) is 0 Å². The molecule has 9 heteroatoms. The maximum Gasteiger partial charge on any atom is 0.323 e. The van der Waals surface area contributed by atoms with Crippen molar-refractivity contribution in [2.75, 3.05) is 37.7 Å². The molecule has 1 atom stereocenters. The van der Waals surface area contributed by atoms with Crippen LogP contribution in [0.25, 0.3) is 0 Å². The number of anilines is 1. The highest BCUT2D eigenvalue weighted by Crippen LogP contribution is 2.30. The average Bonchev–Trinajstić information content (AvgIpc) is 3.09. The van der Waals surface area contributed by atoms with Crippen LogP contribution in [-0.2, 0) is 20.8 Å². The van der Waals surface area contributed by atoms with Crippen molar-refractivity contribution in [3.63, 3.8) is 0 Å². The zero-order valence-corrected chi connectivity index (χ0v) is 18.3. The van der Waals surface area contributed by atoms with Gasteiger partial charge >= 0.3 is 5.97 Å². The SMILES string of the molecule is CC(C)(C)OC(=O)C1CCCN1Cc1cc([N+](=O)[O-])ccc1N1CCOCC1.S. The van der Waals surface area contributed by atoms with Crippen molar-refractivity contribution in [3.05, 3.63) is 33.9 Å². The fourth-order valence-electron chi connectivity index (χ4n) is 3.80. The minimum Gasteiger partial charge on any atom is -0.459 e. The molecule has 8 nitrogen and oxygen atoms in total. The molecule has 1 unspecified atom stereocenters. The molecule has 0 spiro atoms. The predicted octanol–water partition coefficient (Wildman–Crippen LogP) is 2.85. The number of nitrogens with zero attached hydrogens (tertiary/aromatic N) is 3. The molecule has 0 bridgehead atoms. The van der Waals surface area contributed by atoms with Gasteiger partial charge in [0.25, 0.3) is 5.69 Å². The van der Waals surface area contributed by atoms with Gasteiger partial charge in [0.2, 0.25) is 0 Å². The van der Waals surface area contributed by atoms with E-state index in [9.17, 15) is 14.9 Å². The molecule has 2 fully saturated rings. The zero-order valence-electron chi connectivity index (χ0n) is 17.3. The molecule has 0 radical (unpaired) electrons. The Kier molecular flexibility index (Phi) is 7.90. The van der Waals surface area contributed by atoms with Crippen molar-refractivity contribution in [2.24, 2.45) is 0 Å². The third-order valence-corrected chi connectivity index (χ3v) is 5.04. The van der Waals surface area contributed by atoms with Gasteiger partial charge in [0, 0.05) is 37.5 Å². The smallest absolute Gasteiger partial charge is 0.323 e. The second-order valence-corrected chi connectivity index (χ2v) is 8.33. The first kappa shape index (κ1) is 23.4. The van der Waals surface area contributed by atoms with Crippen LogP contribution < -0.4 is 4.90 Å². The molecule has 2 aliphatic heterocycles. The molecule has 162 valence electrons. The number of hydrogen-bond acceptors (Lipinski definition) is 7. The Balaban J connectivity index is 0.00000300. The van der Waals surface area contributed by atoms with E-state index in [0.717, 1.165) is 43.7 Å². The summed E-state index contributed by atoms with van der Waals surface area (Å²) in [6, 6.07) is 4.69. The Bertz CT molecular complexity index is 731. The van der Waals surface area contributed by atoms with Gasteiger partial charge in [0.1, 0.15) is 11.6 Å². The van der Waals surface area contributed by atoms with Crippen LogP contribution in [-0.4, -0.2) is 60.3 Å². The summed E-state index contributed by atoms with van der Waals surface area (Å²) in [6.07, 6.45) is 1.66. The lowest BCUT2D eigenvalue weighted by Gasteiger charge is -2.32. The highest BCUT2D eigenvalue weighted by Gasteiger charge is 2.34. The molecular weight excluding hydrogens is 394 g/mol. The molecule has 0 aliphatic carbocycles. The van der Waals surface area contributed by atoms with Gasteiger partial charge in [-0.25, -0.2) is 0 Å². The van der Waals surface area contributed by atoms with Gasteiger partial charge < -0.3 is 14.4 Å². The molecular formula is C20H31N3O5S. The molecule has 2 saturated heterocycles. The van der Waals surface area contributed by atoms with Gasteiger partial charge in [-0.2, -0.15) is 13.5 Å². The molecule has 0 amide bonds. The molecule has 1 aromatic rings. The first-order valence-electron chi connectivity index (χ1n) is 9.81. The predicted molar refractivity (Wildman–Crippen MR) is 116 cm³/mol. The Labute approximate surface area is 178 Å². The number of nitro groups is 1. The number of non-ortho nitro benzene ring substituents is 1. The maximum absolute atomic E-state index is 12.6. The van der Waals surface area contributed by atoms with Crippen LogP contribution in [0, 0.1) is 10.1 Å². The fraction of sp³-hybridized carbons (Fsp3) is 0.650. The number of morpholine rings is 1. The van der Waals surface area contributed by atoms with E-state index in [1.54, 1.807) is 12.1 Å². The molecule has 2 heterocycles. The van der Waals surface area contributed by atoms with Gasteiger partial charge in [-0.15, -0.1) is 0 Å². The summed E-state index contributed by atoms with van der Waals surface area (Å²) >= 11 is 0. The van der Waals surface area contributed by atoms with E-state index < -0.39 is 5.60 Å². The lowest BCUT2D eigenvalue weighted by molar-refractivity contribution is -0.384. The number of ether oxygens (including phenoxy) is 2. The first-order chi connectivity index (χ1) is 13.2. The Hall–Kier alpha value is -1.84. The van der Waals surface area contributed by atoms with Crippen molar-refractivity contribution in [3.8, 4) is 0 Å². The summed E-state index contributed by atoms with van der Waals surface area (Å²) in [5, 5.41) is 11.3. The largest absolute Gasteiger partial charge is 0.459 e. The van der Waals surface area contributed by atoms with Crippen LogP contribution in [0.4, 0.5) is 11.4 Å². The van der Waals surface area contributed by atoms with Gasteiger partial charge in [0.05, 0.1) is 18.1 Å². The van der Waals surface area contributed by atoms with Gasteiger partial charge in [-0.05, 0) is 51.8 Å². The van der Waals surface area contributed by atoms with E-state index in [4.69, 9.17) is 9.47 Å². The minimum atomic E-state index is -0.532. The summed E-state index contributed by atoms with van der Waals surface area (Å²) in [7, 11) is 0. The van der Waals surface area contributed by atoms with Crippen molar-refractivity contribution in [1.29, 1.82) is 0 Å². The molecule has 2 aliphatic rings. The fourth-order valence-corrected chi connectivity index (χ4v) is 3.80. The van der Waals surface area contributed by atoms with E-state index in [-0.39, 0.29) is 36.1 Å². The summed E-state index contributed by atoms with van der Waals surface area (Å²) in [4.78, 5) is 27.8. The van der Waals surface area contributed by atoms with Crippen LogP contribution in [0.2, 0.25) is 0 Å². The topological polar surface area (TPSA) is 85.1 Å². The normalized spacial score (nSPS) is 20.2. The Morgan fingerprint density at radius 2 is 1.97 bits per heavy atom. The summed E-state index contributed by atoms with van der Waals surface area (Å²) in [5.41, 5.74) is 1.38. The van der Waals surface area contributed by atoms with Crippen LogP contribution in [0.5, 0.6) is 0 Å². The standard InChI is InChI=1S/C20H29N3O5.H2S/c1-20(2,3)28-19(24)18-5-4-8-22(18)14-15-13-16(23(25)26)6-7-17(15)21-9-11-27-12-10-21;/h6-7,13,18H,4-5,8-12,14H2,1-3H3;1H2. The first-order valence-corrected chi connectivity index (χ1v) is 9.81. The minimum absolute atomic E-state index is 0. The Morgan fingerprint density at radius 1 is 1.28 bits per heavy atom. The zero-order chi connectivity index (χ0) is 20.3. The lowest BCUT2D eigenvalue weighted by atomic mass is 10.1. The maximum atomic E-state index is 12.6. The molecule has 29 heavy (non-hydrogen) atoms. The second-order valence-electron chi connectivity index (χ2n) is 8.33. The van der Waals surface area contributed by atoms with Gasteiger partial charge in [-0.3, -0.25) is 19.8 Å². The number of rotatable bonds is 5. The van der Waals surface area contributed by atoms with Crippen LogP contribution >= 0.6 is 13.5 Å². The second kappa shape index (κ2) is 9.77. The number of likely N-dealkylation sites (tertiary alicyclic amines) is 1. The van der Waals surface area contributed by atoms with E-state index >= 15 is 0 Å². The Morgan fingerprint density at radius 3 is 2.59 bits per heavy atom. The van der Waals surface area contributed by atoms with Gasteiger partial charge in [-0.1, -0.05) is 0 Å². The number of esters is 1. The van der Waals surface area contributed by atoms with Crippen molar-refractivity contribution >= 4 is 30.8 Å². The third kappa shape index (κ3) is 6.07. The van der Waals surface area contributed by atoms with Crippen molar-refractivity contribution in [1.82, 2.24) is 4.90 Å². The van der Waals surface area contributed by atoms with E-state index in [2.05, 4.69) is 9.80 Å². The van der Waals surface area contributed by atoms with Crippen molar-refractivity contribution < 1.29 is 19.2 Å². The molecule has 0 N–H and O–H groups in total. The quantitative estimate of drug-likeness (QED) is 0.407. The van der Waals surface area contributed by atoms with E-state index in [1.807, 2.05) is 26.8 Å². The lowest BCUT2D eigenvalue weighted by Crippen LogP contribution is -2.41. The number of carbonyl (C=O) groups excluding carboxylic acids is 1. The number of hydrogen-bond donors (Lipinski definition) is 0. The number of nitro benzene ring substituents is 1. The highest BCUT2D eigenvalue weighted by molar-refractivity contribution is 7.59. The van der Waals surface area contributed by atoms with Crippen LogP contribution in [0.15, 0.2) is 18.2 Å². The molecule has 0 aromatic heterocycles. The monoisotopic (exact) mass is 425 g/mol. The third-order valence-electron chi connectivity index (χ3n) is 5.04. The summed E-state index contributed by atoms with van der Waals surface area (Å²) in [6.45, 7) is 9.62. The number of carbonyl (C=O) groups is 1. The molecule has 0 saturated carbocycles. The summed E-state index contributed by atoms with van der Waals surface area (Å²) < 4.78 is 11.0.